The van der Waals surface area contributed by atoms with E-state index in [1.54, 1.807) is 0 Å². The van der Waals surface area contributed by atoms with Crippen LogP contribution in [0.15, 0.2) is 223 Å². The molecule has 0 radical (unpaired) electrons. The smallest absolute Gasteiger partial charge is 0.137 e. The molecule has 0 N–H and O–H groups in total. The second-order valence-corrected chi connectivity index (χ2v) is 15.3. The molecule has 0 fully saturated rings. The van der Waals surface area contributed by atoms with Crippen molar-refractivity contribution in [3.05, 3.63) is 241 Å². The summed E-state index contributed by atoms with van der Waals surface area (Å²) in [5.74, 6) is 0. The lowest BCUT2D eigenvalue weighted by Crippen LogP contribution is -2.28. The van der Waals surface area contributed by atoms with Gasteiger partial charge in [-0.1, -0.05) is 146 Å². The second-order valence-electron chi connectivity index (χ2n) is 15.3. The molecule has 0 saturated heterocycles. The highest BCUT2D eigenvalue weighted by molar-refractivity contribution is 6.11. The van der Waals surface area contributed by atoms with Gasteiger partial charge >= 0.3 is 0 Å². The molecule has 3 nitrogen and oxygen atoms in total. The van der Waals surface area contributed by atoms with Gasteiger partial charge in [-0.3, -0.25) is 0 Å². The number of hydrogen-bond acceptors (Lipinski definition) is 2. The van der Waals surface area contributed by atoms with Gasteiger partial charge in [0, 0.05) is 50.4 Å². The highest BCUT2D eigenvalue weighted by atomic mass is 16.3. The molecule has 272 valence electrons. The average molecular weight is 741 g/mol. The minimum atomic E-state index is -0.496. The van der Waals surface area contributed by atoms with Crippen LogP contribution < -0.4 is 4.90 Å². The Balaban J connectivity index is 1.04. The number of furan rings is 1. The van der Waals surface area contributed by atoms with Gasteiger partial charge in [-0.2, -0.15) is 0 Å². The molecule has 12 rings (SSSR count). The van der Waals surface area contributed by atoms with Crippen molar-refractivity contribution < 1.29 is 4.42 Å². The van der Waals surface area contributed by atoms with Crippen LogP contribution in [0.3, 0.4) is 0 Å². The third-order valence-electron chi connectivity index (χ3n) is 12.2. The number of hydrogen-bond donors (Lipinski definition) is 0. The number of anilines is 3. The summed E-state index contributed by atoms with van der Waals surface area (Å²) in [7, 11) is 0. The molecule has 0 bridgehead atoms. The van der Waals surface area contributed by atoms with E-state index >= 15 is 0 Å². The Morgan fingerprint density at radius 2 is 0.931 bits per heavy atom. The molecule has 0 aliphatic heterocycles. The van der Waals surface area contributed by atoms with Crippen LogP contribution in [-0.4, -0.2) is 4.57 Å². The summed E-state index contributed by atoms with van der Waals surface area (Å²) in [4.78, 5) is 2.36. The first-order chi connectivity index (χ1) is 28.8. The van der Waals surface area contributed by atoms with E-state index in [4.69, 9.17) is 4.42 Å². The fourth-order valence-corrected chi connectivity index (χ4v) is 9.83. The summed E-state index contributed by atoms with van der Waals surface area (Å²) < 4.78 is 9.06. The van der Waals surface area contributed by atoms with Gasteiger partial charge in [0.1, 0.15) is 11.2 Å². The first kappa shape index (κ1) is 32.6. The zero-order chi connectivity index (χ0) is 38.2. The molecule has 11 aromatic rings. The van der Waals surface area contributed by atoms with Crippen LogP contribution >= 0.6 is 0 Å². The van der Waals surface area contributed by atoms with Crippen molar-refractivity contribution in [3.8, 4) is 16.8 Å². The monoisotopic (exact) mass is 740 g/mol. The Morgan fingerprint density at radius 3 is 1.64 bits per heavy atom. The molecule has 3 heteroatoms. The lowest BCUT2D eigenvalue weighted by Gasteiger charge is -2.35. The van der Waals surface area contributed by atoms with Crippen molar-refractivity contribution in [2.24, 2.45) is 0 Å². The quantitative estimate of drug-likeness (QED) is 0.169. The van der Waals surface area contributed by atoms with Crippen LogP contribution in [0.5, 0.6) is 0 Å². The van der Waals surface area contributed by atoms with Crippen molar-refractivity contribution in [3.63, 3.8) is 0 Å². The topological polar surface area (TPSA) is 21.3 Å². The zero-order valence-corrected chi connectivity index (χ0v) is 31.6. The summed E-state index contributed by atoms with van der Waals surface area (Å²) in [5.41, 5.74) is 15.5. The molecule has 2 heterocycles. The SMILES string of the molecule is c1ccc(N(c2ccc3c(c2)C(c2ccccc2)(c2ccccc2)c2ccccc2-3)c2ccc3c(c2)oc2ccc(-n4c5ccccc5c5ccccc54)cc23)cc1. The van der Waals surface area contributed by atoms with Crippen molar-refractivity contribution in [1.82, 2.24) is 4.57 Å². The maximum atomic E-state index is 6.69. The van der Waals surface area contributed by atoms with Crippen LogP contribution in [0.25, 0.3) is 60.6 Å². The van der Waals surface area contributed by atoms with E-state index in [1.807, 2.05) is 0 Å². The van der Waals surface area contributed by atoms with E-state index in [9.17, 15) is 0 Å². The number of benzene rings is 9. The Kier molecular flexibility index (Phi) is 7.14. The number of nitrogens with zero attached hydrogens (tertiary/aromatic N) is 2. The molecule has 1 aliphatic carbocycles. The largest absolute Gasteiger partial charge is 0.456 e. The first-order valence-corrected chi connectivity index (χ1v) is 19.9. The van der Waals surface area contributed by atoms with Crippen molar-refractivity contribution in [2.45, 2.75) is 5.41 Å². The summed E-state index contributed by atoms with van der Waals surface area (Å²) in [6.07, 6.45) is 0. The first-order valence-electron chi connectivity index (χ1n) is 19.9. The lowest BCUT2D eigenvalue weighted by atomic mass is 9.67. The Bertz CT molecular complexity index is 3250. The standard InChI is InChI=1S/C55H36N2O/c1-4-16-37(17-5-1)55(38-18-6-2-7-19-38)49-25-13-10-22-43(49)44-31-28-41(35-50(44)55)56(39-20-8-3-9-21-39)42-29-32-47-48-34-40(30-33-53(48)58-54(47)36-42)57-51-26-14-11-23-45(51)46-24-12-15-27-52(46)57/h1-36H. The molecule has 9 aromatic carbocycles. The number of para-hydroxylation sites is 3. The summed E-state index contributed by atoms with van der Waals surface area (Å²) >= 11 is 0. The van der Waals surface area contributed by atoms with E-state index in [0.29, 0.717) is 0 Å². The lowest BCUT2D eigenvalue weighted by molar-refractivity contribution is 0.669. The van der Waals surface area contributed by atoms with Crippen LogP contribution in [-0.2, 0) is 5.41 Å². The Hall–Kier alpha value is -7.62. The van der Waals surface area contributed by atoms with Crippen molar-refractivity contribution >= 4 is 60.8 Å². The second kappa shape index (κ2) is 12.7. The number of fused-ring (bicyclic) bond motifs is 9. The highest BCUT2D eigenvalue weighted by Gasteiger charge is 2.46. The van der Waals surface area contributed by atoms with E-state index in [-0.39, 0.29) is 0 Å². The predicted molar refractivity (Wildman–Crippen MR) is 240 cm³/mol. The van der Waals surface area contributed by atoms with Crippen molar-refractivity contribution in [2.75, 3.05) is 4.90 Å². The van der Waals surface area contributed by atoms with Crippen molar-refractivity contribution in [1.29, 1.82) is 0 Å². The molecule has 1 aliphatic rings. The number of aromatic nitrogens is 1. The van der Waals surface area contributed by atoms with Crippen LogP contribution in [0, 0.1) is 0 Å². The molecular weight excluding hydrogens is 705 g/mol. The summed E-state index contributed by atoms with van der Waals surface area (Å²) in [6.45, 7) is 0. The van der Waals surface area contributed by atoms with Gasteiger partial charge in [-0.05, 0) is 100 Å². The van der Waals surface area contributed by atoms with Gasteiger partial charge < -0.3 is 13.9 Å². The minimum Gasteiger partial charge on any atom is -0.456 e. The van der Waals surface area contributed by atoms with Gasteiger partial charge in [0.15, 0.2) is 0 Å². The molecule has 0 spiro atoms. The van der Waals surface area contributed by atoms with Gasteiger partial charge in [-0.25, -0.2) is 0 Å². The van der Waals surface area contributed by atoms with Gasteiger partial charge in [0.25, 0.3) is 0 Å². The Morgan fingerprint density at radius 1 is 0.362 bits per heavy atom. The third-order valence-corrected chi connectivity index (χ3v) is 12.2. The normalized spacial score (nSPS) is 13.0. The van der Waals surface area contributed by atoms with E-state index < -0.39 is 5.41 Å². The fraction of sp³-hybridized carbons (Fsp3) is 0.0182. The fourth-order valence-electron chi connectivity index (χ4n) is 9.83. The molecule has 0 atom stereocenters. The van der Waals surface area contributed by atoms with Gasteiger partial charge in [0.2, 0.25) is 0 Å². The number of rotatable bonds is 6. The molecule has 0 saturated carbocycles. The van der Waals surface area contributed by atoms with E-state index in [0.717, 1.165) is 44.7 Å². The third kappa shape index (κ3) is 4.68. The minimum absolute atomic E-state index is 0.496. The average Bonchev–Trinajstić information content (AvgIpc) is 3.93. The highest BCUT2D eigenvalue weighted by Crippen LogP contribution is 2.57. The molecule has 0 unspecified atom stereocenters. The summed E-state index contributed by atoms with van der Waals surface area (Å²) in [5, 5.41) is 4.69. The maximum absolute atomic E-state index is 6.69. The van der Waals surface area contributed by atoms with Crippen LogP contribution in [0.2, 0.25) is 0 Å². The van der Waals surface area contributed by atoms with E-state index in [2.05, 4.69) is 228 Å². The van der Waals surface area contributed by atoms with Crippen LogP contribution in [0.1, 0.15) is 22.3 Å². The van der Waals surface area contributed by atoms with Gasteiger partial charge in [-0.15, -0.1) is 0 Å². The molecule has 2 aromatic heterocycles. The Labute approximate surface area is 336 Å². The predicted octanol–water partition coefficient (Wildman–Crippen LogP) is 14.5. The molecule has 58 heavy (non-hydrogen) atoms. The molecular formula is C55H36N2O. The van der Waals surface area contributed by atoms with Gasteiger partial charge in [0.05, 0.1) is 16.4 Å². The summed E-state index contributed by atoms with van der Waals surface area (Å²) in [6, 6.07) is 79.1. The van der Waals surface area contributed by atoms with E-state index in [1.165, 1.54) is 55.2 Å². The van der Waals surface area contributed by atoms with Crippen LogP contribution in [0.4, 0.5) is 17.1 Å². The molecule has 0 amide bonds. The maximum Gasteiger partial charge on any atom is 0.137 e. The zero-order valence-electron chi connectivity index (χ0n) is 31.6.